The summed E-state index contributed by atoms with van der Waals surface area (Å²) in [6, 6.07) is 4.75. The Labute approximate surface area is 169 Å². The van der Waals surface area contributed by atoms with Crippen molar-refractivity contribution in [1.82, 2.24) is 19.7 Å². The second-order valence-corrected chi connectivity index (χ2v) is 8.12. The Bertz CT molecular complexity index is 608. The van der Waals surface area contributed by atoms with Gasteiger partial charge in [-0.2, -0.15) is 0 Å². The number of likely N-dealkylation sites (tertiary alicyclic amines) is 1. The number of nitrogens with zero attached hydrogens (tertiary/aromatic N) is 4. The summed E-state index contributed by atoms with van der Waals surface area (Å²) < 4.78 is 5.45. The first-order chi connectivity index (χ1) is 13.6. The predicted molar refractivity (Wildman–Crippen MR) is 112 cm³/mol. The van der Waals surface area contributed by atoms with E-state index in [1.54, 1.807) is 6.20 Å². The molecule has 1 atom stereocenters. The molecule has 28 heavy (non-hydrogen) atoms. The van der Waals surface area contributed by atoms with Crippen molar-refractivity contribution < 1.29 is 9.53 Å². The standard InChI is InChI=1S/C21H35N5O2/c1-4-18(16-24(2)3)23-20-6-5-17(15-22-20)21(27)26-9-7-19(8-10-26)25-11-13-28-14-12-25/h5-6,15,18-19H,4,7-14,16H2,1-3H3,(H,22,23)/t18-/m1/s1. The molecular weight excluding hydrogens is 354 g/mol. The molecule has 7 heteroatoms. The fourth-order valence-electron chi connectivity index (χ4n) is 4.09. The molecule has 0 radical (unpaired) electrons. The molecule has 2 aliphatic heterocycles. The van der Waals surface area contributed by atoms with Crippen LogP contribution in [0.5, 0.6) is 0 Å². The van der Waals surface area contributed by atoms with Crippen molar-refractivity contribution in [3.63, 3.8) is 0 Å². The molecule has 1 aromatic heterocycles. The number of piperidine rings is 1. The van der Waals surface area contributed by atoms with Gasteiger partial charge in [-0.25, -0.2) is 4.98 Å². The maximum absolute atomic E-state index is 12.8. The highest BCUT2D eigenvalue weighted by atomic mass is 16.5. The normalized spacial score (nSPS) is 20.4. The lowest BCUT2D eigenvalue weighted by atomic mass is 10.0. The fourth-order valence-corrected chi connectivity index (χ4v) is 4.09. The molecule has 0 aromatic carbocycles. The van der Waals surface area contributed by atoms with Crippen LogP contribution < -0.4 is 5.32 Å². The smallest absolute Gasteiger partial charge is 0.255 e. The summed E-state index contributed by atoms with van der Waals surface area (Å²) in [5.74, 6) is 0.927. The summed E-state index contributed by atoms with van der Waals surface area (Å²) in [5.41, 5.74) is 0.677. The highest BCUT2D eigenvalue weighted by Gasteiger charge is 2.28. The highest BCUT2D eigenvalue weighted by molar-refractivity contribution is 5.94. The van der Waals surface area contributed by atoms with Crippen molar-refractivity contribution in [2.24, 2.45) is 0 Å². The third kappa shape index (κ3) is 5.65. The van der Waals surface area contributed by atoms with E-state index in [1.807, 2.05) is 17.0 Å². The van der Waals surface area contributed by atoms with Crippen molar-refractivity contribution in [2.75, 3.05) is 65.3 Å². The molecular formula is C21H35N5O2. The fraction of sp³-hybridized carbons (Fsp3) is 0.714. The number of morpholine rings is 1. The van der Waals surface area contributed by atoms with Gasteiger partial charge >= 0.3 is 0 Å². The first-order valence-corrected chi connectivity index (χ1v) is 10.5. The number of hydrogen-bond donors (Lipinski definition) is 1. The van der Waals surface area contributed by atoms with Crippen LogP contribution in [0.3, 0.4) is 0 Å². The van der Waals surface area contributed by atoms with Gasteiger partial charge in [-0.15, -0.1) is 0 Å². The average Bonchev–Trinajstić information content (AvgIpc) is 2.74. The minimum absolute atomic E-state index is 0.0970. The molecule has 1 N–H and O–H groups in total. The van der Waals surface area contributed by atoms with E-state index in [4.69, 9.17) is 4.74 Å². The van der Waals surface area contributed by atoms with Crippen LogP contribution in [0.25, 0.3) is 0 Å². The Balaban J connectivity index is 1.50. The number of amides is 1. The van der Waals surface area contributed by atoms with E-state index in [1.165, 1.54) is 0 Å². The Kier molecular flexibility index (Phi) is 7.65. The van der Waals surface area contributed by atoms with Gasteiger partial charge in [0.2, 0.25) is 0 Å². The summed E-state index contributed by atoms with van der Waals surface area (Å²) in [6.45, 7) is 8.46. The third-order valence-electron chi connectivity index (χ3n) is 5.75. The number of likely N-dealkylation sites (N-methyl/N-ethyl adjacent to an activating group) is 1. The molecule has 0 spiro atoms. The number of aromatic nitrogens is 1. The monoisotopic (exact) mass is 389 g/mol. The molecule has 2 aliphatic rings. The van der Waals surface area contributed by atoms with Gasteiger partial charge in [-0.3, -0.25) is 9.69 Å². The Morgan fingerprint density at radius 1 is 1.25 bits per heavy atom. The van der Waals surface area contributed by atoms with Crippen LogP contribution in [0.15, 0.2) is 18.3 Å². The van der Waals surface area contributed by atoms with Gasteiger partial charge in [0.05, 0.1) is 18.8 Å². The van der Waals surface area contributed by atoms with E-state index in [0.29, 0.717) is 17.6 Å². The topological polar surface area (TPSA) is 60.9 Å². The maximum Gasteiger partial charge on any atom is 0.255 e. The number of hydrogen-bond acceptors (Lipinski definition) is 6. The molecule has 3 rings (SSSR count). The second kappa shape index (κ2) is 10.2. The third-order valence-corrected chi connectivity index (χ3v) is 5.75. The molecule has 7 nitrogen and oxygen atoms in total. The zero-order valence-corrected chi connectivity index (χ0v) is 17.6. The minimum atomic E-state index is 0.0970. The van der Waals surface area contributed by atoms with E-state index >= 15 is 0 Å². The molecule has 0 aliphatic carbocycles. The first kappa shape index (κ1) is 21.0. The van der Waals surface area contributed by atoms with Gasteiger partial charge in [0.25, 0.3) is 5.91 Å². The van der Waals surface area contributed by atoms with Crippen molar-refractivity contribution >= 4 is 11.7 Å². The predicted octanol–water partition coefficient (Wildman–Crippen LogP) is 1.77. The number of anilines is 1. The molecule has 2 saturated heterocycles. The number of pyridine rings is 1. The molecule has 0 unspecified atom stereocenters. The maximum atomic E-state index is 12.8. The van der Waals surface area contributed by atoms with E-state index in [0.717, 1.165) is 71.0 Å². The Morgan fingerprint density at radius 2 is 1.96 bits per heavy atom. The van der Waals surface area contributed by atoms with Crippen molar-refractivity contribution in [3.05, 3.63) is 23.9 Å². The van der Waals surface area contributed by atoms with Crippen LogP contribution in [0.4, 0.5) is 5.82 Å². The van der Waals surface area contributed by atoms with Gasteiger partial charge < -0.3 is 19.9 Å². The molecule has 1 aromatic rings. The van der Waals surface area contributed by atoms with E-state index in [-0.39, 0.29) is 5.91 Å². The van der Waals surface area contributed by atoms with Crippen molar-refractivity contribution in [2.45, 2.75) is 38.3 Å². The first-order valence-electron chi connectivity index (χ1n) is 10.5. The van der Waals surface area contributed by atoms with Gasteiger partial charge in [0, 0.05) is 51.0 Å². The van der Waals surface area contributed by atoms with E-state index in [2.05, 4.69) is 41.1 Å². The SMILES string of the molecule is CC[C@H](CN(C)C)Nc1ccc(C(=O)N2CCC(N3CCOCC3)CC2)cn1. The number of rotatable bonds is 7. The Morgan fingerprint density at radius 3 is 2.54 bits per heavy atom. The zero-order valence-electron chi connectivity index (χ0n) is 17.6. The van der Waals surface area contributed by atoms with Gasteiger partial charge in [-0.1, -0.05) is 6.92 Å². The van der Waals surface area contributed by atoms with E-state index < -0.39 is 0 Å². The van der Waals surface area contributed by atoms with Crippen LogP contribution in [-0.2, 0) is 4.74 Å². The van der Waals surface area contributed by atoms with Crippen molar-refractivity contribution in [3.8, 4) is 0 Å². The lowest BCUT2D eigenvalue weighted by Crippen LogP contribution is -2.50. The van der Waals surface area contributed by atoms with Crippen molar-refractivity contribution in [1.29, 1.82) is 0 Å². The largest absolute Gasteiger partial charge is 0.379 e. The van der Waals surface area contributed by atoms with Crippen LogP contribution in [0.2, 0.25) is 0 Å². The molecule has 3 heterocycles. The lowest BCUT2D eigenvalue weighted by molar-refractivity contribution is 0.00158. The lowest BCUT2D eigenvalue weighted by Gasteiger charge is -2.40. The van der Waals surface area contributed by atoms with E-state index in [9.17, 15) is 4.79 Å². The minimum Gasteiger partial charge on any atom is -0.379 e. The zero-order chi connectivity index (χ0) is 19.9. The summed E-state index contributed by atoms with van der Waals surface area (Å²) in [5, 5.41) is 3.45. The Hall–Kier alpha value is -1.70. The van der Waals surface area contributed by atoms with Crippen LogP contribution in [0.1, 0.15) is 36.5 Å². The van der Waals surface area contributed by atoms with Gasteiger partial charge in [0.1, 0.15) is 5.82 Å². The summed E-state index contributed by atoms with van der Waals surface area (Å²) in [6.07, 6.45) is 4.82. The highest BCUT2D eigenvalue weighted by Crippen LogP contribution is 2.20. The average molecular weight is 390 g/mol. The van der Waals surface area contributed by atoms with Crippen LogP contribution in [-0.4, -0.2) is 97.7 Å². The summed E-state index contributed by atoms with van der Waals surface area (Å²) in [7, 11) is 4.14. The molecule has 156 valence electrons. The molecule has 2 fully saturated rings. The summed E-state index contributed by atoms with van der Waals surface area (Å²) >= 11 is 0. The number of carbonyl (C=O) groups excluding carboxylic acids is 1. The van der Waals surface area contributed by atoms with Crippen LogP contribution >= 0.6 is 0 Å². The number of carbonyl (C=O) groups is 1. The molecule has 1 amide bonds. The van der Waals surface area contributed by atoms with Gasteiger partial charge in [-0.05, 0) is 45.5 Å². The number of ether oxygens (including phenoxy) is 1. The number of nitrogens with one attached hydrogen (secondary N) is 1. The molecule has 0 bridgehead atoms. The second-order valence-electron chi connectivity index (χ2n) is 8.12. The van der Waals surface area contributed by atoms with Gasteiger partial charge in [0.15, 0.2) is 0 Å². The quantitative estimate of drug-likeness (QED) is 0.767. The summed E-state index contributed by atoms with van der Waals surface area (Å²) in [4.78, 5) is 24.0. The molecule has 0 saturated carbocycles. The van der Waals surface area contributed by atoms with Crippen LogP contribution in [0, 0.1) is 0 Å².